The van der Waals surface area contributed by atoms with Crippen LogP contribution in [-0.4, -0.2) is 5.11 Å². The van der Waals surface area contributed by atoms with Crippen LogP contribution in [0.15, 0.2) is 84.9 Å². The lowest BCUT2D eigenvalue weighted by atomic mass is 9.76. The third-order valence-corrected chi connectivity index (χ3v) is 5.24. The van der Waals surface area contributed by atoms with Crippen LogP contribution in [0.25, 0.3) is 0 Å². The molecule has 23 heavy (non-hydrogen) atoms. The first-order chi connectivity index (χ1) is 11.1. The average molecular weight is 300 g/mol. The zero-order valence-electron chi connectivity index (χ0n) is 13.2. The van der Waals surface area contributed by atoms with Gasteiger partial charge in [-0.15, -0.1) is 0 Å². The van der Waals surface area contributed by atoms with Crippen molar-refractivity contribution in [2.75, 3.05) is 0 Å². The van der Waals surface area contributed by atoms with Crippen LogP contribution in [0.1, 0.15) is 35.6 Å². The van der Waals surface area contributed by atoms with Crippen molar-refractivity contribution in [1.82, 2.24) is 0 Å². The Kier molecular flexibility index (Phi) is 3.14. The van der Waals surface area contributed by atoms with E-state index in [9.17, 15) is 5.11 Å². The van der Waals surface area contributed by atoms with E-state index in [1.54, 1.807) is 0 Å². The SMILES string of the molecule is C[C@]1(c2ccccc2)C[C@](O)(c2ccccc2)c2ccccc21. The van der Waals surface area contributed by atoms with Crippen molar-refractivity contribution < 1.29 is 5.11 Å². The van der Waals surface area contributed by atoms with E-state index >= 15 is 0 Å². The molecule has 1 aliphatic carbocycles. The second kappa shape index (κ2) is 5.07. The second-order valence-electron chi connectivity index (χ2n) is 6.65. The van der Waals surface area contributed by atoms with Crippen molar-refractivity contribution in [3.63, 3.8) is 0 Å². The Morgan fingerprint density at radius 2 is 1.13 bits per heavy atom. The fourth-order valence-electron chi connectivity index (χ4n) is 4.06. The summed E-state index contributed by atoms with van der Waals surface area (Å²) in [6.07, 6.45) is 0.660. The van der Waals surface area contributed by atoms with Crippen molar-refractivity contribution in [2.45, 2.75) is 24.4 Å². The predicted molar refractivity (Wildman–Crippen MR) is 93.4 cm³/mol. The Labute approximate surface area is 137 Å². The third kappa shape index (κ3) is 2.04. The molecule has 0 radical (unpaired) electrons. The van der Waals surface area contributed by atoms with E-state index < -0.39 is 5.60 Å². The molecular formula is C22H20O. The van der Waals surface area contributed by atoms with Gasteiger partial charge in [0, 0.05) is 5.41 Å². The van der Waals surface area contributed by atoms with Crippen LogP contribution >= 0.6 is 0 Å². The van der Waals surface area contributed by atoms with Gasteiger partial charge in [0.05, 0.1) is 0 Å². The molecular weight excluding hydrogens is 280 g/mol. The molecule has 1 heteroatoms. The zero-order chi connectivity index (χ0) is 15.9. The van der Waals surface area contributed by atoms with Crippen LogP contribution in [0, 0.1) is 0 Å². The minimum atomic E-state index is -0.942. The lowest BCUT2D eigenvalue weighted by Crippen LogP contribution is -2.28. The topological polar surface area (TPSA) is 20.2 Å². The van der Waals surface area contributed by atoms with Gasteiger partial charge in [0.15, 0.2) is 0 Å². The number of aliphatic hydroxyl groups is 1. The summed E-state index contributed by atoms with van der Waals surface area (Å²) >= 11 is 0. The van der Waals surface area contributed by atoms with Crippen LogP contribution in [0.2, 0.25) is 0 Å². The summed E-state index contributed by atoms with van der Waals surface area (Å²) in [5.74, 6) is 0. The minimum Gasteiger partial charge on any atom is -0.380 e. The standard InChI is InChI=1S/C22H20O/c1-21(17-10-4-2-5-11-17)16-22(23,18-12-6-3-7-13-18)20-15-9-8-14-19(20)21/h2-15,23H,16H2,1H3/t21-,22+/m1/s1. The first kappa shape index (κ1) is 14.2. The van der Waals surface area contributed by atoms with E-state index in [1.165, 1.54) is 11.1 Å². The van der Waals surface area contributed by atoms with E-state index in [2.05, 4.69) is 49.4 Å². The van der Waals surface area contributed by atoms with Gasteiger partial charge >= 0.3 is 0 Å². The number of benzene rings is 3. The molecule has 0 aliphatic heterocycles. The summed E-state index contributed by atoms with van der Waals surface area (Å²) in [7, 11) is 0. The molecule has 0 bridgehead atoms. The Morgan fingerprint density at radius 3 is 1.74 bits per heavy atom. The number of fused-ring (bicyclic) bond motifs is 1. The summed E-state index contributed by atoms with van der Waals surface area (Å²) in [5, 5.41) is 11.6. The summed E-state index contributed by atoms with van der Waals surface area (Å²) in [4.78, 5) is 0. The molecule has 114 valence electrons. The molecule has 0 saturated heterocycles. The van der Waals surface area contributed by atoms with Gasteiger partial charge in [-0.1, -0.05) is 91.9 Å². The highest BCUT2D eigenvalue weighted by atomic mass is 16.3. The molecule has 2 atom stereocenters. The molecule has 1 aliphatic rings. The molecule has 1 nitrogen and oxygen atoms in total. The van der Waals surface area contributed by atoms with Crippen LogP contribution in [-0.2, 0) is 11.0 Å². The number of hydrogen-bond donors (Lipinski definition) is 1. The summed E-state index contributed by atoms with van der Waals surface area (Å²) in [6.45, 7) is 2.24. The fourth-order valence-corrected chi connectivity index (χ4v) is 4.06. The van der Waals surface area contributed by atoms with Gasteiger partial charge in [-0.3, -0.25) is 0 Å². The molecule has 0 aromatic heterocycles. The average Bonchev–Trinajstić information content (AvgIpc) is 2.87. The fraction of sp³-hybridized carbons (Fsp3) is 0.182. The summed E-state index contributed by atoms with van der Waals surface area (Å²) in [5.41, 5.74) is 3.33. The third-order valence-electron chi connectivity index (χ3n) is 5.24. The highest BCUT2D eigenvalue weighted by Crippen LogP contribution is 2.54. The maximum atomic E-state index is 11.6. The van der Waals surface area contributed by atoms with E-state index in [0.717, 1.165) is 11.1 Å². The first-order valence-corrected chi connectivity index (χ1v) is 8.08. The quantitative estimate of drug-likeness (QED) is 0.731. The van der Waals surface area contributed by atoms with Crippen molar-refractivity contribution in [2.24, 2.45) is 0 Å². The lowest BCUT2D eigenvalue weighted by molar-refractivity contribution is 0.0707. The summed E-state index contributed by atoms with van der Waals surface area (Å²) in [6, 6.07) is 28.8. The Morgan fingerprint density at radius 1 is 0.652 bits per heavy atom. The van der Waals surface area contributed by atoms with Crippen molar-refractivity contribution in [3.8, 4) is 0 Å². The van der Waals surface area contributed by atoms with Gasteiger partial charge in [0.2, 0.25) is 0 Å². The highest BCUT2D eigenvalue weighted by Gasteiger charge is 2.50. The largest absolute Gasteiger partial charge is 0.380 e. The Hall–Kier alpha value is -2.38. The van der Waals surface area contributed by atoms with Crippen LogP contribution in [0.3, 0.4) is 0 Å². The normalized spacial score (nSPS) is 26.0. The molecule has 3 aromatic rings. The van der Waals surface area contributed by atoms with Crippen molar-refractivity contribution in [1.29, 1.82) is 0 Å². The second-order valence-corrected chi connectivity index (χ2v) is 6.65. The molecule has 0 spiro atoms. The maximum absolute atomic E-state index is 11.6. The van der Waals surface area contributed by atoms with Gasteiger partial charge in [-0.2, -0.15) is 0 Å². The molecule has 3 aromatic carbocycles. The van der Waals surface area contributed by atoms with Gasteiger partial charge in [-0.25, -0.2) is 0 Å². The Balaban J connectivity index is 1.95. The first-order valence-electron chi connectivity index (χ1n) is 8.08. The van der Waals surface area contributed by atoms with Gasteiger partial charge in [0.1, 0.15) is 5.60 Å². The number of rotatable bonds is 2. The smallest absolute Gasteiger partial charge is 0.116 e. The minimum absolute atomic E-state index is 0.192. The molecule has 0 heterocycles. The molecule has 0 fully saturated rings. The molecule has 0 saturated carbocycles. The monoisotopic (exact) mass is 300 g/mol. The van der Waals surface area contributed by atoms with E-state index in [1.807, 2.05) is 42.5 Å². The highest BCUT2D eigenvalue weighted by molar-refractivity contribution is 5.54. The predicted octanol–water partition coefficient (Wildman–Crippen LogP) is 4.63. The maximum Gasteiger partial charge on any atom is 0.116 e. The van der Waals surface area contributed by atoms with Crippen molar-refractivity contribution >= 4 is 0 Å². The molecule has 0 unspecified atom stereocenters. The number of hydrogen-bond acceptors (Lipinski definition) is 1. The molecule has 0 amide bonds. The van der Waals surface area contributed by atoms with Crippen LogP contribution in [0.4, 0.5) is 0 Å². The lowest BCUT2D eigenvalue weighted by Gasteiger charge is -2.30. The van der Waals surface area contributed by atoms with Crippen LogP contribution in [0.5, 0.6) is 0 Å². The van der Waals surface area contributed by atoms with Gasteiger partial charge < -0.3 is 5.11 Å². The Bertz CT molecular complexity index is 754. The van der Waals surface area contributed by atoms with Gasteiger partial charge in [-0.05, 0) is 28.7 Å². The van der Waals surface area contributed by atoms with E-state index in [4.69, 9.17) is 0 Å². The summed E-state index contributed by atoms with van der Waals surface area (Å²) < 4.78 is 0. The van der Waals surface area contributed by atoms with Crippen molar-refractivity contribution in [3.05, 3.63) is 107 Å². The van der Waals surface area contributed by atoms with E-state index in [0.29, 0.717) is 6.42 Å². The van der Waals surface area contributed by atoms with Gasteiger partial charge in [0.25, 0.3) is 0 Å². The molecule has 1 N–H and O–H groups in total. The van der Waals surface area contributed by atoms with E-state index in [-0.39, 0.29) is 5.41 Å². The van der Waals surface area contributed by atoms with Crippen LogP contribution < -0.4 is 0 Å². The molecule has 4 rings (SSSR count). The zero-order valence-corrected chi connectivity index (χ0v) is 13.2.